The van der Waals surface area contributed by atoms with Gasteiger partial charge in [-0.3, -0.25) is 4.79 Å². The molecule has 0 atom stereocenters. The molecule has 0 bridgehead atoms. The summed E-state index contributed by atoms with van der Waals surface area (Å²) in [6, 6.07) is 16.4. The monoisotopic (exact) mass is 393 g/mol. The van der Waals surface area contributed by atoms with Gasteiger partial charge in [0.1, 0.15) is 5.75 Å². The molecule has 0 radical (unpaired) electrons. The van der Waals surface area contributed by atoms with Crippen LogP contribution in [-0.2, 0) is 4.79 Å². The highest BCUT2D eigenvalue weighted by molar-refractivity contribution is 5.92. The lowest BCUT2D eigenvalue weighted by atomic mass is 10.3. The third kappa shape index (κ3) is 5.93. The molecule has 0 aliphatic rings. The quantitative estimate of drug-likeness (QED) is 0.614. The number of benzene rings is 2. The number of carbonyl (C=O) groups excluding carboxylic acids is 1. The van der Waals surface area contributed by atoms with Crippen molar-refractivity contribution >= 4 is 11.6 Å². The Morgan fingerprint density at radius 1 is 0.931 bits per heavy atom. The zero-order chi connectivity index (χ0) is 20.6. The number of aromatic nitrogens is 2. The molecule has 29 heavy (non-hydrogen) atoms. The van der Waals surface area contributed by atoms with Gasteiger partial charge in [-0.15, -0.1) is 0 Å². The number of amides is 1. The van der Waals surface area contributed by atoms with Crippen LogP contribution < -0.4 is 19.5 Å². The first-order chi connectivity index (χ1) is 14.0. The van der Waals surface area contributed by atoms with Gasteiger partial charge >= 0.3 is 6.01 Å². The lowest BCUT2D eigenvalue weighted by molar-refractivity contribution is -0.118. The Morgan fingerprint density at radius 2 is 1.62 bits per heavy atom. The maximum absolute atomic E-state index is 12.3. The Morgan fingerprint density at radius 3 is 2.31 bits per heavy atom. The molecular formula is C22H23N3O4. The number of rotatable bonds is 8. The Labute approximate surface area is 169 Å². The van der Waals surface area contributed by atoms with Crippen molar-refractivity contribution in [3.8, 4) is 23.3 Å². The van der Waals surface area contributed by atoms with Crippen LogP contribution in [0.1, 0.15) is 18.3 Å². The highest BCUT2D eigenvalue weighted by Crippen LogP contribution is 2.26. The number of nitrogens with zero attached hydrogens (tertiary/aromatic N) is 2. The van der Waals surface area contributed by atoms with Gasteiger partial charge in [0.05, 0.1) is 6.61 Å². The van der Waals surface area contributed by atoms with Gasteiger partial charge in [0.15, 0.2) is 18.1 Å². The van der Waals surface area contributed by atoms with E-state index in [-0.39, 0.29) is 18.5 Å². The van der Waals surface area contributed by atoms with Crippen LogP contribution in [0.25, 0.3) is 0 Å². The molecule has 1 aromatic heterocycles. The van der Waals surface area contributed by atoms with Crippen molar-refractivity contribution in [1.82, 2.24) is 9.97 Å². The average Bonchev–Trinajstić information content (AvgIpc) is 2.67. The van der Waals surface area contributed by atoms with E-state index in [2.05, 4.69) is 15.3 Å². The molecule has 150 valence electrons. The normalized spacial score (nSPS) is 10.3. The molecule has 3 rings (SSSR count). The van der Waals surface area contributed by atoms with E-state index in [1.165, 1.54) is 0 Å². The summed E-state index contributed by atoms with van der Waals surface area (Å²) < 4.78 is 16.8. The van der Waals surface area contributed by atoms with Crippen LogP contribution in [-0.4, -0.2) is 29.1 Å². The van der Waals surface area contributed by atoms with E-state index in [4.69, 9.17) is 14.2 Å². The zero-order valence-corrected chi connectivity index (χ0v) is 16.6. The topological polar surface area (TPSA) is 82.6 Å². The fourth-order valence-electron chi connectivity index (χ4n) is 2.67. The number of para-hydroxylation sites is 2. The summed E-state index contributed by atoms with van der Waals surface area (Å²) in [5, 5.41) is 2.79. The second kappa shape index (κ2) is 9.54. The highest BCUT2D eigenvalue weighted by Gasteiger charge is 2.09. The molecule has 0 unspecified atom stereocenters. The SMILES string of the molecule is CCOc1ccccc1OCC(=O)Nc1cccc(Oc2nc(C)cc(C)n2)c1. The van der Waals surface area contributed by atoms with Gasteiger partial charge < -0.3 is 19.5 Å². The number of nitrogens with one attached hydrogen (secondary N) is 1. The molecule has 1 heterocycles. The Bertz CT molecular complexity index is 971. The van der Waals surface area contributed by atoms with Crippen molar-refractivity contribution in [2.45, 2.75) is 20.8 Å². The number of hydrogen-bond donors (Lipinski definition) is 1. The molecule has 1 amide bonds. The fourth-order valence-corrected chi connectivity index (χ4v) is 2.67. The van der Waals surface area contributed by atoms with Crippen LogP contribution in [0.5, 0.6) is 23.3 Å². The average molecular weight is 393 g/mol. The molecule has 0 aliphatic heterocycles. The van der Waals surface area contributed by atoms with Crippen LogP contribution in [0.4, 0.5) is 5.69 Å². The van der Waals surface area contributed by atoms with Gasteiger partial charge in [0, 0.05) is 23.1 Å². The number of carbonyl (C=O) groups is 1. The van der Waals surface area contributed by atoms with Crippen molar-refractivity contribution in [2.75, 3.05) is 18.5 Å². The van der Waals surface area contributed by atoms with Gasteiger partial charge in [-0.2, -0.15) is 0 Å². The Balaban J connectivity index is 1.60. The van der Waals surface area contributed by atoms with Gasteiger partial charge in [-0.25, -0.2) is 9.97 Å². The van der Waals surface area contributed by atoms with E-state index < -0.39 is 0 Å². The highest BCUT2D eigenvalue weighted by atomic mass is 16.5. The number of ether oxygens (including phenoxy) is 3. The Hall–Kier alpha value is -3.61. The molecule has 0 saturated carbocycles. The van der Waals surface area contributed by atoms with Gasteiger partial charge in [-0.05, 0) is 51.1 Å². The summed E-state index contributed by atoms with van der Waals surface area (Å²) in [5.74, 6) is 1.35. The van der Waals surface area contributed by atoms with Crippen molar-refractivity contribution in [2.24, 2.45) is 0 Å². The van der Waals surface area contributed by atoms with E-state index in [0.29, 0.717) is 29.5 Å². The zero-order valence-electron chi connectivity index (χ0n) is 16.6. The molecule has 1 N–H and O–H groups in total. The lowest BCUT2D eigenvalue weighted by Crippen LogP contribution is -2.20. The Kier molecular flexibility index (Phi) is 6.63. The summed E-state index contributed by atoms with van der Waals surface area (Å²) in [6.07, 6.45) is 0. The molecule has 7 nitrogen and oxygen atoms in total. The molecule has 2 aromatic carbocycles. The number of aryl methyl sites for hydroxylation is 2. The standard InChI is InChI=1S/C22H23N3O4/c1-4-27-19-10-5-6-11-20(19)28-14-21(26)25-17-8-7-9-18(13-17)29-22-23-15(2)12-16(3)24-22/h5-13H,4,14H2,1-3H3,(H,25,26). The minimum Gasteiger partial charge on any atom is -0.490 e. The van der Waals surface area contributed by atoms with E-state index in [0.717, 1.165) is 11.4 Å². The van der Waals surface area contributed by atoms with E-state index in [1.807, 2.05) is 39.0 Å². The second-order valence-corrected chi connectivity index (χ2v) is 6.28. The van der Waals surface area contributed by atoms with Crippen LogP contribution >= 0.6 is 0 Å². The third-order valence-corrected chi connectivity index (χ3v) is 3.80. The van der Waals surface area contributed by atoms with Gasteiger partial charge in [0.2, 0.25) is 0 Å². The van der Waals surface area contributed by atoms with Crippen LogP contribution in [0.15, 0.2) is 54.6 Å². The van der Waals surface area contributed by atoms with E-state index >= 15 is 0 Å². The molecule has 7 heteroatoms. The van der Waals surface area contributed by atoms with Gasteiger partial charge in [0.25, 0.3) is 5.91 Å². The molecule has 3 aromatic rings. The fraction of sp³-hybridized carbons (Fsp3) is 0.227. The molecular weight excluding hydrogens is 370 g/mol. The maximum atomic E-state index is 12.3. The number of hydrogen-bond acceptors (Lipinski definition) is 6. The maximum Gasteiger partial charge on any atom is 0.322 e. The van der Waals surface area contributed by atoms with Crippen molar-refractivity contribution in [3.05, 3.63) is 66.0 Å². The summed E-state index contributed by atoms with van der Waals surface area (Å²) in [4.78, 5) is 20.8. The van der Waals surface area contributed by atoms with Crippen LogP contribution in [0.3, 0.4) is 0 Å². The van der Waals surface area contributed by atoms with Crippen molar-refractivity contribution in [1.29, 1.82) is 0 Å². The van der Waals surface area contributed by atoms with Crippen molar-refractivity contribution < 1.29 is 19.0 Å². The smallest absolute Gasteiger partial charge is 0.322 e. The minimum atomic E-state index is -0.295. The molecule has 0 saturated heterocycles. The first-order valence-electron chi connectivity index (χ1n) is 9.28. The van der Waals surface area contributed by atoms with Crippen LogP contribution in [0.2, 0.25) is 0 Å². The first kappa shape index (κ1) is 20.1. The number of anilines is 1. The van der Waals surface area contributed by atoms with Crippen LogP contribution in [0, 0.1) is 13.8 Å². The van der Waals surface area contributed by atoms with E-state index in [9.17, 15) is 4.79 Å². The predicted molar refractivity (Wildman–Crippen MR) is 110 cm³/mol. The minimum absolute atomic E-state index is 0.143. The molecule has 0 spiro atoms. The van der Waals surface area contributed by atoms with Gasteiger partial charge in [-0.1, -0.05) is 18.2 Å². The summed E-state index contributed by atoms with van der Waals surface area (Å²) in [7, 11) is 0. The molecule has 0 fully saturated rings. The van der Waals surface area contributed by atoms with Crippen molar-refractivity contribution in [3.63, 3.8) is 0 Å². The second-order valence-electron chi connectivity index (χ2n) is 6.28. The largest absolute Gasteiger partial charge is 0.490 e. The molecule has 0 aliphatic carbocycles. The third-order valence-electron chi connectivity index (χ3n) is 3.80. The lowest BCUT2D eigenvalue weighted by Gasteiger charge is -2.12. The summed E-state index contributed by atoms with van der Waals surface area (Å²) in [6.45, 7) is 6.02. The summed E-state index contributed by atoms with van der Waals surface area (Å²) >= 11 is 0. The first-order valence-corrected chi connectivity index (χ1v) is 9.28. The predicted octanol–water partition coefficient (Wildman–Crippen LogP) is 4.30. The van der Waals surface area contributed by atoms with E-state index in [1.54, 1.807) is 36.4 Å². The summed E-state index contributed by atoms with van der Waals surface area (Å²) in [5.41, 5.74) is 2.22.